The number of morpholine rings is 1. The van der Waals surface area contributed by atoms with Crippen molar-refractivity contribution in [2.24, 2.45) is 0 Å². The fourth-order valence-electron chi connectivity index (χ4n) is 4.20. The summed E-state index contributed by atoms with van der Waals surface area (Å²) < 4.78 is 5.92. The molecule has 1 unspecified atom stereocenters. The van der Waals surface area contributed by atoms with E-state index in [9.17, 15) is 4.79 Å². The predicted octanol–water partition coefficient (Wildman–Crippen LogP) is 4.49. The molecular weight excluding hydrogens is 444 g/mol. The van der Waals surface area contributed by atoms with Crippen LogP contribution in [0.3, 0.4) is 0 Å². The minimum Gasteiger partial charge on any atom is -0.374 e. The Morgan fingerprint density at radius 1 is 1.06 bits per heavy atom. The van der Waals surface area contributed by atoms with E-state index in [0.29, 0.717) is 24.5 Å². The first kappa shape index (κ1) is 22.7. The van der Waals surface area contributed by atoms with Crippen molar-refractivity contribution in [2.75, 3.05) is 26.2 Å². The summed E-state index contributed by atoms with van der Waals surface area (Å²) in [5, 5.41) is 3.94. The largest absolute Gasteiger partial charge is 0.374 e. The van der Waals surface area contributed by atoms with Gasteiger partial charge in [0.15, 0.2) is 5.16 Å². The maximum absolute atomic E-state index is 13.0. The van der Waals surface area contributed by atoms with E-state index in [1.807, 2.05) is 54.6 Å². The molecule has 1 fully saturated rings. The molecule has 4 aromatic rings. The van der Waals surface area contributed by atoms with Gasteiger partial charge in [-0.2, -0.15) is 0 Å². The van der Waals surface area contributed by atoms with Crippen molar-refractivity contribution in [1.29, 1.82) is 0 Å². The van der Waals surface area contributed by atoms with E-state index < -0.39 is 0 Å². The Labute approximate surface area is 203 Å². The van der Waals surface area contributed by atoms with Gasteiger partial charge in [-0.15, -0.1) is 0 Å². The van der Waals surface area contributed by atoms with Crippen molar-refractivity contribution < 1.29 is 9.53 Å². The van der Waals surface area contributed by atoms with Gasteiger partial charge in [0.1, 0.15) is 0 Å². The van der Waals surface area contributed by atoms with E-state index in [4.69, 9.17) is 4.74 Å². The van der Waals surface area contributed by atoms with E-state index in [0.717, 1.165) is 41.4 Å². The van der Waals surface area contributed by atoms with Crippen LogP contribution < -0.4 is 5.32 Å². The zero-order valence-corrected chi connectivity index (χ0v) is 19.8. The number of fused-ring (bicyclic) bond motifs is 1. The van der Waals surface area contributed by atoms with Crippen LogP contribution in [0.25, 0.3) is 11.0 Å². The summed E-state index contributed by atoms with van der Waals surface area (Å²) >= 11 is 1.60. The zero-order chi connectivity index (χ0) is 23.2. The van der Waals surface area contributed by atoms with Crippen LogP contribution in [-0.4, -0.2) is 53.1 Å². The number of imidazole rings is 1. The Morgan fingerprint density at radius 2 is 1.85 bits per heavy atom. The van der Waals surface area contributed by atoms with Crippen LogP contribution in [0.2, 0.25) is 0 Å². The van der Waals surface area contributed by atoms with Crippen molar-refractivity contribution in [1.82, 2.24) is 20.2 Å². The number of thioether (sulfide) groups is 1. The second-order valence-electron chi connectivity index (χ2n) is 8.43. The normalized spacial score (nSPS) is 16.5. The second-order valence-corrected chi connectivity index (χ2v) is 9.39. The number of ether oxygens (including phenoxy) is 1. The van der Waals surface area contributed by atoms with E-state index in [1.54, 1.807) is 11.8 Å². The summed E-state index contributed by atoms with van der Waals surface area (Å²) in [5.74, 6) is 0.596. The number of para-hydroxylation sites is 2. The number of nitrogens with zero attached hydrogens (tertiary/aromatic N) is 2. The molecule has 1 saturated heterocycles. The number of hydrogen-bond acceptors (Lipinski definition) is 5. The van der Waals surface area contributed by atoms with Crippen molar-refractivity contribution in [3.63, 3.8) is 0 Å². The average molecular weight is 473 g/mol. The van der Waals surface area contributed by atoms with Gasteiger partial charge in [-0.3, -0.25) is 9.69 Å². The van der Waals surface area contributed by atoms with Gasteiger partial charge in [0, 0.05) is 37.5 Å². The number of nitrogens with one attached hydrogen (secondary N) is 2. The standard InChI is InChI=1S/C27H28N4O2S/c32-26(28-16-22-18-31(14-15-33-22)17-20-8-2-1-3-9-20)23-11-5-4-10-21(23)19-34-27-29-24-12-6-7-13-25(24)30-27/h1-13,22H,14-19H2,(H,28,32)(H,29,30). The average Bonchev–Trinajstić information content (AvgIpc) is 3.30. The van der Waals surface area contributed by atoms with Crippen molar-refractivity contribution in [3.05, 3.63) is 95.6 Å². The number of benzene rings is 3. The van der Waals surface area contributed by atoms with Crippen LogP contribution in [-0.2, 0) is 17.0 Å². The number of amides is 1. The monoisotopic (exact) mass is 472 g/mol. The molecular formula is C27H28N4O2S. The van der Waals surface area contributed by atoms with E-state index in [-0.39, 0.29) is 12.0 Å². The molecule has 0 saturated carbocycles. The van der Waals surface area contributed by atoms with Gasteiger partial charge >= 0.3 is 0 Å². The van der Waals surface area contributed by atoms with E-state index >= 15 is 0 Å². The SMILES string of the molecule is O=C(NCC1CN(Cc2ccccc2)CCO1)c1ccccc1CSc1nc2ccccc2[nH]1. The molecule has 3 aromatic carbocycles. The lowest BCUT2D eigenvalue weighted by Gasteiger charge is -2.33. The van der Waals surface area contributed by atoms with Gasteiger partial charge < -0.3 is 15.0 Å². The molecule has 0 spiro atoms. The predicted molar refractivity (Wildman–Crippen MR) is 136 cm³/mol. The van der Waals surface area contributed by atoms with Crippen LogP contribution in [0.5, 0.6) is 0 Å². The second kappa shape index (κ2) is 10.9. The third kappa shape index (κ3) is 5.67. The summed E-state index contributed by atoms with van der Waals surface area (Å²) in [7, 11) is 0. The highest BCUT2D eigenvalue weighted by Crippen LogP contribution is 2.24. The van der Waals surface area contributed by atoms with Gasteiger partial charge in [0.2, 0.25) is 0 Å². The summed E-state index contributed by atoms with van der Waals surface area (Å²) in [5.41, 5.74) is 4.95. The molecule has 174 valence electrons. The molecule has 5 rings (SSSR count). The first-order chi connectivity index (χ1) is 16.7. The zero-order valence-electron chi connectivity index (χ0n) is 18.9. The van der Waals surface area contributed by atoms with Crippen LogP contribution in [0.15, 0.2) is 84.0 Å². The van der Waals surface area contributed by atoms with Crippen LogP contribution in [0.4, 0.5) is 0 Å². The highest BCUT2D eigenvalue weighted by molar-refractivity contribution is 7.98. The molecule has 34 heavy (non-hydrogen) atoms. The fourth-order valence-corrected chi connectivity index (χ4v) is 5.09. The molecule has 7 heteroatoms. The Bertz CT molecular complexity index is 1210. The Kier molecular flexibility index (Phi) is 7.24. The maximum Gasteiger partial charge on any atom is 0.251 e. The molecule has 1 aromatic heterocycles. The van der Waals surface area contributed by atoms with Crippen LogP contribution in [0.1, 0.15) is 21.5 Å². The number of aromatic amines is 1. The summed E-state index contributed by atoms with van der Waals surface area (Å²) in [6, 6.07) is 26.2. The maximum atomic E-state index is 13.0. The molecule has 2 heterocycles. The summed E-state index contributed by atoms with van der Waals surface area (Å²) in [4.78, 5) is 23.4. The third-order valence-electron chi connectivity index (χ3n) is 5.96. The first-order valence-corrected chi connectivity index (χ1v) is 12.5. The Balaban J connectivity index is 1.16. The molecule has 0 aliphatic carbocycles. The number of carbonyl (C=O) groups is 1. The smallest absolute Gasteiger partial charge is 0.251 e. The molecule has 1 amide bonds. The summed E-state index contributed by atoms with van der Waals surface area (Å²) in [6.45, 7) is 3.78. The van der Waals surface area contributed by atoms with E-state index in [2.05, 4.69) is 44.5 Å². The van der Waals surface area contributed by atoms with Gasteiger partial charge in [-0.1, -0.05) is 72.4 Å². The molecule has 1 aliphatic rings. The van der Waals surface area contributed by atoms with Crippen molar-refractivity contribution in [3.8, 4) is 0 Å². The number of rotatable bonds is 8. The van der Waals surface area contributed by atoms with Crippen molar-refractivity contribution >= 4 is 28.7 Å². The molecule has 1 aliphatic heterocycles. The number of H-pyrrole nitrogens is 1. The lowest BCUT2D eigenvalue weighted by molar-refractivity contribution is -0.0292. The van der Waals surface area contributed by atoms with Gasteiger partial charge in [-0.05, 0) is 29.3 Å². The van der Waals surface area contributed by atoms with E-state index in [1.165, 1.54) is 5.56 Å². The molecule has 2 N–H and O–H groups in total. The van der Waals surface area contributed by atoms with Crippen LogP contribution in [0, 0.1) is 0 Å². The van der Waals surface area contributed by atoms with Gasteiger partial charge in [0.25, 0.3) is 5.91 Å². The minimum absolute atomic E-state index is 0.0153. The highest BCUT2D eigenvalue weighted by atomic mass is 32.2. The number of aromatic nitrogens is 2. The van der Waals surface area contributed by atoms with Crippen LogP contribution >= 0.6 is 11.8 Å². The molecule has 0 radical (unpaired) electrons. The number of hydrogen-bond donors (Lipinski definition) is 2. The first-order valence-electron chi connectivity index (χ1n) is 11.6. The number of carbonyl (C=O) groups excluding carboxylic acids is 1. The quantitative estimate of drug-likeness (QED) is 0.370. The highest BCUT2D eigenvalue weighted by Gasteiger charge is 2.22. The third-order valence-corrected chi connectivity index (χ3v) is 6.88. The lowest BCUT2D eigenvalue weighted by Crippen LogP contribution is -2.47. The van der Waals surface area contributed by atoms with Crippen molar-refractivity contribution in [2.45, 2.75) is 23.6 Å². The minimum atomic E-state index is -0.0652. The Hall–Kier alpha value is -3.13. The summed E-state index contributed by atoms with van der Waals surface area (Å²) in [6.07, 6.45) is -0.0153. The van der Waals surface area contributed by atoms with Gasteiger partial charge in [-0.25, -0.2) is 4.98 Å². The molecule has 1 atom stereocenters. The lowest BCUT2D eigenvalue weighted by atomic mass is 10.1. The topological polar surface area (TPSA) is 70.2 Å². The molecule has 0 bridgehead atoms. The Morgan fingerprint density at radius 3 is 2.74 bits per heavy atom. The fraction of sp³-hybridized carbons (Fsp3) is 0.259. The molecule has 6 nitrogen and oxygen atoms in total. The van der Waals surface area contributed by atoms with Gasteiger partial charge in [0.05, 0.1) is 23.7 Å².